The molecule has 1 aromatic carbocycles. The van der Waals surface area contributed by atoms with Crippen molar-refractivity contribution in [2.75, 3.05) is 19.0 Å². The van der Waals surface area contributed by atoms with Gasteiger partial charge in [0, 0.05) is 17.8 Å². The summed E-state index contributed by atoms with van der Waals surface area (Å²) in [6, 6.07) is 5.22. The fourth-order valence-electron chi connectivity index (χ4n) is 2.78. The van der Waals surface area contributed by atoms with Crippen molar-refractivity contribution >= 4 is 11.7 Å². The van der Waals surface area contributed by atoms with E-state index in [4.69, 9.17) is 0 Å². The number of carbonyl (C=O) groups is 1. The Bertz CT molecular complexity index is 487. The van der Waals surface area contributed by atoms with Crippen LogP contribution in [0.3, 0.4) is 0 Å². The molecule has 0 amide bonds. The molecule has 2 rings (SSSR count). The molecule has 0 spiro atoms. The molecule has 5 heteroatoms. The van der Waals surface area contributed by atoms with Gasteiger partial charge < -0.3 is 15.4 Å². The molecule has 1 fully saturated rings. The quantitative estimate of drug-likeness (QED) is 0.820. The first-order valence-corrected chi connectivity index (χ1v) is 7.48. The topological polar surface area (TPSA) is 50.4 Å². The summed E-state index contributed by atoms with van der Waals surface area (Å²) < 4.78 is 18.2. The molecule has 1 heterocycles. The van der Waals surface area contributed by atoms with Crippen LogP contribution in [-0.4, -0.2) is 31.7 Å². The van der Waals surface area contributed by atoms with Gasteiger partial charge in [-0.3, -0.25) is 0 Å². The van der Waals surface area contributed by atoms with Crippen LogP contribution >= 0.6 is 0 Å². The zero-order chi connectivity index (χ0) is 15.2. The summed E-state index contributed by atoms with van der Waals surface area (Å²) in [5, 5.41) is 6.83. The maximum atomic E-state index is 13.6. The van der Waals surface area contributed by atoms with Crippen LogP contribution in [0.5, 0.6) is 0 Å². The van der Waals surface area contributed by atoms with Crippen LogP contribution < -0.4 is 10.6 Å². The monoisotopic (exact) mass is 294 g/mol. The maximum Gasteiger partial charge on any atom is 0.340 e. The van der Waals surface area contributed by atoms with E-state index in [0.29, 0.717) is 6.04 Å². The molecule has 0 radical (unpaired) electrons. The molecule has 0 aromatic heterocycles. The van der Waals surface area contributed by atoms with Gasteiger partial charge in [-0.2, -0.15) is 0 Å². The molecular weight excluding hydrogens is 271 g/mol. The lowest BCUT2D eigenvalue weighted by Crippen LogP contribution is -2.37. The molecule has 2 atom stereocenters. The average molecular weight is 294 g/mol. The smallest absolute Gasteiger partial charge is 0.340 e. The first-order chi connectivity index (χ1) is 10.1. The Balaban J connectivity index is 1.96. The minimum absolute atomic E-state index is 0.0366. The lowest BCUT2D eigenvalue weighted by atomic mass is 9.98. The summed E-state index contributed by atoms with van der Waals surface area (Å²) in [6.07, 6.45) is 4.72. The fourth-order valence-corrected chi connectivity index (χ4v) is 2.78. The van der Waals surface area contributed by atoms with Gasteiger partial charge in [-0.25, -0.2) is 9.18 Å². The fraction of sp³-hybridized carbons (Fsp3) is 0.562. The number of benzene rings is 1. The third-order valence-corrected chi connectivity index (χ3v) is 3.84. The zero-order valence-corrected chi connectivity index (χ0v) is 12.6. The third kappa shape index (κ3) is 4.43. The van der Waals surface area contributed by atoms with Gasteiger partial charge in [0.2, 0.25) is 0 Å². The molecule has 0 aliphatic carbocycles. The van der Waals surface area contributed by atoms with Crippen LogP contribution in [0.25, 0.3) is 0 Å². The second-order valence-corrected chi connectivity index (χ2v) is 5.61. The standard InChI is InChI=1S/C16H23FN2O2/c1-11(9-12-5-3-4-8-18-12)19-13-6-7-15(17)14(10-13)16(20)21-2/h6-7,10-12,18-19H,3-5,8-9H2,1-2H3. The molecule has 1 aromatic rings. The van der Waals surface area contributed by atoms with Gasteiger partial charge in [-0.1, -0.05) is 6.42 Å². The summed E-state index contributed by atoms with van der Waals surface area (Å²) in [5.41, 5.74) is 0.700. The largest absolute Gasteiger partial charge is 0.465 e. The van der Waals surface area contributed by atoms with Crippen molar-refractivity contribution in [3.8, 4) is 0 Å². The number of hydrogen-bond acceptors (Lipinski definition) is 4. The Kier molecular flexibility index (Phi) is 5.56. The number of anilines is 1. The van der Waals surface area contributed by atoms with Gasteiger partial charge >= 0.3 is 5.97 Å². The Morgan fingerprint density at radius 1 is 1.52 bits per heavy atom. The second kappa shape index (κ2) is 7.41. The summed E-state index contributed by atoms with van der Waals surface area (Å²) in [4.78, 5) is 11.5. The highest BCUT2D eigenvalue weighted by Gasteiger charge is 2.17. The second-order valence-electron chi connectivity index (χ2n) is 5.61. The Labute approximate surface area is 125 Å². The van der Waals surface area contributed by atoms with Gasteiger partial charge in [0.1, 0.15) is 5.82 Å². The number of esters is 1. The van der Waals surface area contributed by atoms with Gasteiger partial charge in [0.05, 0.1) is 12.7 Å². The van der Waals surface area contributed by atoms with E-state index in [0.717, 1.165) is 18.7 Å². The molecule has 0 bridgehead atoms. The first-order valence-electron chi connectivity index (χ1n) is 7.48. The number of carbonyl (C=O) groups excluding carboxylic acids is 1. The van der Waals surface area contributed by atoms with Crippen molar-refractivity contribution in [3.63, 3.8) is 0 Å². The summed E-state index contributed by atoms with van der Waals surface area (Å²) >= 11 is 0. The highest BCUT2D eigenvalue weighted by atomic mass is 19.1. The molecule has 1 aliphatic heterocycles. The minimum atomic E-state index is -0.655. The highest BCUT2D eigenvalue weighted by Crippen LogP contribution is 2.19. The van der Waals surface area contributed by atoms with Crippen LogP contribution in [0.15, 0.2) is 18.2 Å². The number of ether oxygens (including phenoxy) is 1. The maximum absolute atomic E-state index is 13.6. The van der Waals surface area contributed by atoms with Gasteiger partial charge in [0.25, 0.3) is 0 Å². The molecule has 1 saturated heterocycles. The molecule has 2 N–H and O–H groups in total. The van der Waals surface area contributed by atoms with E-state index in [-0.39, 0.29) is 11.6 Å². The summed E-state index contributed by atoms with van der Waals surface area (Å²) in [7, 11) is 1.25. The van der Waals surface area contributed by atoms with Crippen LogP contribution in [0.4, 0.5) is 10.1 Å². The van der Waals surface area contributed by atoms with Gasteiger partial charge in [-0.15, -0.1) is 0 Å². The number of halogens is 1. The normalized spacial score (nSPS) is 19.9. The molecule has 1 aliphatic rings. The molecule has 21 heavy (non-hydrogen) atoms. The lowest BCUT2D eigenvalue weighted by molar-refractivity contribution is 0.0595. The van der Waals surface area contributed by atoms with Gasteiger partial charge in [-0.05, 0) is 50.9 Å². The van der Waals surface area contributed by atoms with Crippen molar-refractivity contribution < 1.29 is 13.9 Å². The van der Waals surface area contributed by atoms with Crippen molar-refractivity contribution in [1.29, 1.82) is 0 Å². The number of piperidine rings is 1. The zero-order valence-electron chi connectivity index (χ0n) is 12.6. The third-order valence-electron chi connectivity index (χ3n) is 3.84. The van der Waals surface area contributed by atoms with E-state index in [1.54, 1.807) is 6.07 Å². The minimum Gasteiger partial charge on any atom is -0.465 e. The van der Waals surface area contributed by atoms with Crippen LogP contribution in [0.2, 0.25) is 0 Å². The van der Waals surface area contributed by atoms with Crippen LogP contribution in [-0.2, 0) is 4.74 Å². The molecular formula is C16H23FN2O2. The predicted molar refractivity (Wildman–Crippen MR) is 81.1 cm³/mol. The number of hydrogen-bond donors (Lipinski definition) is 2. The van der Waals surface area contributed by atoms with Crippen molar-refractivity contribution in [1.82, 2.24) is 5.32 Å². The van der Waals surface area contributed by atoms with E-state index >= 15 is 0 Å². The Morgan fingerprint density at radius 3 is 3.00 bits per heavy atom. The SMILES string of the molecule is COC(=O)c1cc(NC(C)CC2CCCCN2)ccc1F. The molecule has 0 saturated carbocycles. The Morgan fingerprint density at radius 2 is 2.33 bits per heavy atom. The summed E-state index contributed by atoms with van der Waals surface area (Å²) in [6.45, 7) is 3.18. The molecule has 116 valence electrons. The molecule has 2 unspecified atom stereocenters. The van der Waals surface area contributed by atoms with E-state index < -0.39 is 11.8 Å². The first kappa shape index (κ1) is 15.8. The van der Waals surface area contributed by atoms with Crippen LogP contribution in [0.1, 0.15) is 43.0 Å². The van der Waals surface area contributed by atoms with Crippen LogP contribution in [0, 0.1) is 5.82 Å². The average Bonchev–Trinajstić information content (AvgIpc) is 2.49. The Hall–Kier alpha value is -1.62. The number of nitrogens with one attached hydrogen (secondary N) is 2. The number of methoxy groups -OCH3 is 1. The van der Waals surface area contributed by atoms with Gasteiger partial charge in [0.15, 0.2) is 0 Å². The molecule has 4 nitrogen and oxygen atoms in total. The highest BCUT2D eigenvalue weighted by molar-refractivity contribution is 5.90. The van der Waals surface area contributed by atoms with Crippen molar-refractivity contribution in [2.24, 2.45) is 0 Å². The van der Waals surface area contributed by atoms with E-state index in [1.165, 1.54) is 38.5 Å². The van der Waals surface area contributed by atoms with E-state index in [2.05, 4.69) is 22.3 Å². The lowest BCUT2D eigenvalue weighted by Gasteiger charge is -2.27. The van der Waals surface area contributed by atoms with E-state index in [1.807, 2.05) is 0 Å². The predicted octanol–water partition coefficient (Wildman–Crippen LogP) is 2.94. The van der Waals surface area contributed by atoms with Crippen molar-refractivity contribution in [2.45, 2.75) is 44.7 Å². The summed E-state index contributed by atoms with van der Waals surface area (Å²) in [5.74, 6) is -1.22. The van der Waals surface area contributed by atoms with E-state index in [9.17, 15) is 9.18 Å². The number of rotatable bonds is 5. The van der Waals surface area contributed by atoms with Crippen molar-refractivity contribution in [3.05, 3.63) is 29.6 Å².